The van der Waals surface area contributed by atoms with Crippen molar-refractivity contribution in [2.75, 3.05) is 7.05 Å². The molecule has 54 valence electrons. The quantitative estimate of drug-likeness (QED) is 0.550. The van der Waals surface area contributed by atoms with E-state index in [-0.39, 0.29) is 0 Å². The first-order valence-corrected chi connectivity index (χ1v) is 3.41. The molecule has 0 spiro atoms. The molecular weight excluding hydrogens is 110 g/mol. The lowest BCUT2D eigenvalue weighted by molar-refractivity contribution is 0.373. The third-order valence-corrected chi connectivity index (χ3v) is 1.28. The van der Waals surface area contributed by atoms with E-state index in [2.05, 4.69) is 45.8 Å². The summed E-state index contributed by atoms with van der Waals surface area (Å²) in [4.78, 5) is 2.20. The summed E-state index contributed by atoms with van der Waals surface area (Å²) in [7, 11) is 2.09. The van der Waals surface area contributed by atoms with Crippen LogP contribution in [-0.2, 0) is 0 Å². The number of rotatable bonds is 2. The van der Waals surface area contributed by atoms with Crippen molar-refractivity contribution >= 4 is 0 Å². The van der Waals surface area contributed by atoms with Crippen molar-refractivity contribution in [1.82, 2.24) is 4.90 Å². The molecule has 0 aliphatic rings. The van der Waals surface area contributed by atoms with E-state index in [9.17, 15) is 0 Å². The van der Waals surface area contributed by atoms with Crippen LogP contribution in [0.1, 0.15) is 27.7 Å². The smallest absolute Gasteiger partial charge is 0.0224 e. The normalized spacial score (nSPS) is 9.56. The Morgan fingerprint density at radius 1 is 1.33 bits per heavy atom. The maximum Gasteiger partial charge on any atom is 0.0224 e. The molecule has 0 aromatic carbocycles. The second-order valence-corrected chi connectivity index (χ2v) is 2.97. The van der Waals surface area contributed by atoms with E-state index in [0.29, 0.717) is 6.04 Å². The number of allylic oxidation sites excluding steroid dienone is 1. The van der Waals surface area contributed by atoms with Gasteiger partial charge in [-0.05, 0) is 33.9 Å². The molecule has 0 N–H and O–H groups in total. The highest BCUT2D eigenvalue weighted by Gasteiger charge is 1.94. The molecule has 0 saturated heterocycles. The predicted octanol–water partition coefficient (Wildman–Crippen LogP) is 2.25. The molecule has 0 heterocycles. The van der Waals surface area contributed by atoms with Gasteiger partial charge in [-0.15, -0.1) is 0 Å². The molecule has 0 bridgehead atoms. The fourth-order valence-corrected chi connectivity index (χ4v) is 0.556. The average Bonchev–Trinajstić information content (AvgIpc) is 1.63. The van der Waals surface area contributed by atoms with Gasteiger partial charge in [0.05, 0.1) is 0 Å². The molecule has 0 aliphatic heterocycles. The van der Waals surface area contributed by atoms with E-state index < -0.39 is 0 Å². The van der Waals surface area contributed by atoms with Crippen molar-refractivity contribution in [2.24, 2.45) is 0 Å². The van der Waals surface area contributed by atoms with Gasteiger partial charge in [-0.2, -0.15) is 0 Å². The van der Waals surface area contributed by atoms with E-state index in [1.165, 1.54) is 5.57 Å². The van der Waals surface area contributed by atoms with Crippen LogP contribution in [0.5, 0.6) is 0 Å². The summed E-state index contributed by atoms with van der Waals surface area (Å²) in [6, 6.07) is 0.611. The van der Waals surface area contributed by atoms with Crippen molar-refractivity contribution in [2.45, 2.75) is 33.7 Å². The first kappa shape index (κ1) is 8.54. The van der Waals surface area contributed by atoms with Gasteiger partial charge in [0, 0.05) is 13.1 Å². The Kier molecular flexibility index (Phi) is 3.36. The van der Waals surface area contributed by atoms with Crippen molar-refractivity contribution < 1.29 is 0 Å². The van der Waals surface area contributed by atoms with E-state index in [4.69, 9.17) is 0 Å². The largest absolute Gasteiger partial charge is 0.378 e. The van der Waals surface area contributed by atoms with Crippen LogP contribution < -0.4 is 0 Å². The minimum atomic E-state index is 0.611. The summed E-state index contributed by atoms with van der Waals surface area (Å²) in [6.45, 7) is 8.58. The van der Waals surface area contributed by atoms with Crippen LogP contribution in [0.3, 0.4) is 0 Å². The Balaban J connectivity index is 3.76. The van der Waals surface area contributed by atoms with Gasteiger partial charge < -0.3 is 4.90 Å². The fraction of sp³-hybridized carbons (Fsp3) is 0.750. The first-order chi connectivity index (χ1) is 4.04. The molecule has 0 aromatic heterocycles. The highest BCUT2D eigenvalue weighted by atomic mass is 15.1. The molecule has 0 atom stereocenters. The van der Waals surface area contributed by atoms with E-state index in [1.54, 1.807) is 0 Å². The lowest BCUT2D eigenvalue weighted by Gasteiger charge is -2.18. The molecule has 9 heavy (non-hydrogen) atoms. The lowest BCUT2D eigenvalue weighted by atomic mass is 10.3. The maximum absolute atomic E-state index is 2.20. The van der Waals surface area contributed by atoms with Gasteiger partial charge in [0.2, 0.25) is 0 Å². The van der Waals surface area contributed by atoms with E-state index in [1.807, 2.05) is 0 Å². The van der Waals surface area contributed by atoms with Gasteiger partial charge in [-0.25, -0.2) is 0 Å². The molecule has 1 nitrogen and oxygen atoms in total. The van der Waals surface area contributed by atoms with Crippen LogP contribution in [0.2, 0.25) is 0 Å². The molecule has 0 saturated carbocycles. The van der Waals surface area contributed by atoms with Gasteiger partial charge in [-0.1, -0.05) is 5.57 Å². The van der Waals surface area contributed by atoms with Crippen LogP contribution >= 0.6 is 0 Å². The topological polar surface area (TPSA) is 3.24 Å². The Morgan fingerprint density at radius 2 is 1.78 bits per heavy atom. The van der Waals surface area contributed by atoms with Gasteiger partial charge in [0.25, 0.3) is 0 Å². The van der Waals surface area contributed by atoms with Gasteiger partial charge in [0.1, 0.15) is 0 Å². The zero-order valence-corrected chi connectivity index (χ0v) is 7.10. The van der Waals surface area contributed by atoms with Crippen molar-refractivity contribution in [3.05, 3.63) is 11.8 Å². The molecule has 0 amide bonds. The number of hydrogen-bond acceptors (Lipinski definition) is 1. The molecule has 1 heteroatoms. The van der Waals surface area contributed by atoms with Gasteiger partial charge >= 0.3 is 0 Å². The van der Waals surface area contributed by atoms with Crippen molar-refractivity contribution in [3.8, 4) is 0 Å². The monoisotopic (exact) mass is 127 g/mol. The van der Waals surface area contributed by atoms with Crippen LogP contribution in [0.25, 0.3) is 0 Å². The second-order valence-electron chi connectivity index (χ2n) is 2.97. The molecule has 0 radical (unpaired) electrons. The van der Waals surface area contributed by atoms with Crippen LogP contribution in [0.4, 0.5) is 0 Å². The Bertz CT molecular complexity index is 99.1. The minimum absolute atomic E-state index is 0.611. The standard InChI is InChI=1S/C8H17N/c1-7(2)6-9(5)8(3)4/h6,8H,1-5H3. The minimum Gasteiger partial charge on any atom is -0.378 e. The Morgan fingerprint density at radius 3 is 1.89 bits per heavy atom. The van der Waals surface area contributed by atoms with Crippen LogP contribution in [-0.4, -0.2) is 18.0 Å². The van der Waals surface area contributed by atoms with Crippen molar-refractivity contribution in [3.63, 3.8) is 0 Å². The second kappa shape index (κ2) is 3.54. The highest BCUT2D eigenvalue weighted by molar-refractivity contribution is 4.92. The fourth-order valence-electron chi connectivity index (χ4n) is 0.556. The first-order valence-electron chi connectivity index (χ1n) is 3.41. The average molecular weight is 127 g/mol. The highest BCUT2D eigenvalue weighted by Crippen LogP contribution is 1.97. The summed E-state index contributed by atoms with van der Waals surface area (Å²) in [5.74, 6) is 0. The maximum atomic E-state index is 2.20. The van der Waals surface area contributed by atoms with Crippen molar-refractivity contribution in [1.29, 1.82) is 0 Å². The third-order valence-electron chi connectivity index (χ3n) is 1.28. The summed E-state index contributed by atoms with van der Waals surface area (Å²) >= 11 is 0. The van der Waals surface area contributed by atoms with Gasteiger partial charge in [0.15, 0.2) is 0 Å². The summed E-state index contributed by atoms with van der Waals surface area (Å²) in [6.07, 6.45) is 2.16. The summed E-state index contributed by atoms with van der Waals surface area (Å²) in [5.41, 5.74) is 1.35. The van der Waals surface area contributed by atoms with E-state index >= 15 is 0 Å². The Hall–Kier alpha value is -0.460. The molecular formula is C8H17N. The molecule has 0 unspecified atom stereocenters. The molecule has 0 fully saturated rings. The molecule has 0 aliphatic carbocycles. The summed E-state index contributed by atoms with van der Waals surface area (Å²) in [5, 5.41) is 0. The third kappa shape index (κ3) is 4.07. The molecule has 0 aromatic rings. The van der Waals surface area contributed by atoms with E-state index in [0.717, 1.165) is 0 Å². The Labute approximate surface area is 58.4 Å². The zero-order chi connectivity index (χ0) is 7.44. The SMILES string of the molecule is CC(C)=CN(C)C(C)C. The lowest BCUT2D eigenvalue weighted by Crippen LogP contribution is -2.20. The number of hydrogen-bond donors (Lipinski definition) is 0. The zero-order valence-electron chi connectivity index (χ0n) is 7.10. The van der Waals surface area contributed by atoms with Crippen LogP contribution in [0.15, 0.2) is 11.8 Å². The van der Waals surface area contributed by atoms with Gasteiger partial charge in [-0.3, -0.25) is 0 Å². The number of nitrogens with zero attached hydrogens (tertiary/aromatic N) is 1. The predicted molar refractivity (Wildman–Crippen MR) is 42.3 cm³/mol. The molecule has 0 rings (SSSR count). The van der Waals surface area contributed by atoms with Crippen LogP contribution in [0, 0.1) is 0 Å². The summed E-state index contributed by atoms with van der Waals surface area (Å²) < 4.78 is 0.